The molecule has 5 aromatic rings. The highest BCUT2D eigenvalue weighted by atomic mass is 32.1. The topological polar surface area (TPSA) is 95.1 Å². The first-order valence-electron chi connectivity index (χ1n) is 11.0. The molecule has 0 saturated carbocycles. The maximum absolute atomic E-state index is 13.5. The molecule has 1 amide bonds. The Bertz CT molecular complexity index is 1360. The predicted molar refractivity (Wildman–Crippen MR) is 136 cm³/mol. The summed E-state index contributed by atoms with van der Waals surface area (Å²) in [5, 5.41) is 19.0. The minimum absolute atomic E-state index is 0.125. The number of fused-ring (bicyclic) bond motifs is 2. The first-order chi connectivity index (χ1) is 16.6. The number of rotatable bonds is 9. The van der Waals surface area contributed by atoms with Crippen LogP contribution in [0.25, 0.3) is 20.2 Å². The van der Waals surface area contributed by atoms with Crippen LogP contribution in [0.2, 0.25) is 0 Å². The van der Waals surface area contributed by atoms with Gasteiger partial charge in [-0.2, -0.15) is 0 Å². The number of carboxylic acids is 1. The van der Waals surface area contributed by atoms with Crippen LogP contribution < -0.4 is 5.32 Å². The number of aromatic nitrogens is 2. The van der Waals surface area contributed by atoms with Crippen molar-refractivity contribution in [2.45, 2.75) is 25.3 Å². The largest absolute Gasteiger partial charge is 0.480 e. The number of carbonyl (C=O) groups is 2. The first-order valence-corrected chi connectivity index (χ1v) is 12.8. The number of hydrogen-bond acceptors (Lipinski definition) is 5. The summed E-state index contributed by atoms with van der Waals surface area (Å²) < 4.78 is 2.36. The van der Waals surface area contributed by atoms with Gasteiger partial charge in [0.05, 0.1) is 12.0 Å². The molecule has 0 bridgehead atoms. The number of aromatic amines is 1. The van der Waals surface area contributed by atoms with Crippen LogP contribution in [0.4, 0.5) is 0 Å². The SMILES string of the molecule is O=C(NC(Cc1c[nH]cn1)C(=O)O)C(Cc1csc2ccccc12)Cc1csc2ccccc12. The maximum Gasteiger partial charge on any atom is 0.326 e. The Morgan fingerprint density at radius 1 is 0.912 bits per heavy atom. The number of carbonyl (C=O) groups excluding carboxylic acids is 1. The average molecular weight is 490 g/mol. The molecule has 0 aliphatic heterocycles. The van der Waals surface area contributed by atoms with E-state index in [1.165, 1.54) is 15.7 Å². The molecule has 34 heavy (non-hydrogen) atoms. The number of H-pyrrole nitrogens is 1. The van der Waals surface area contributed by atoms with Crippen molar-refractivity contribution >= 4 is 54.7 Å². The van der Waals surface area contributed by atoms with Crippen LogP contribution in [0.3, 0.4) is 0 Å². The smallest absolute Gasteiger partial charge is 0.326 e. The number of imidazole rings is 1. The zero-order valence-electron chi connectivity index (χ0n) is 18.2. The molecule has 1 atom stereocenters. The molecule has 1 unspecified atom stereocenters. The van der Waals surface area contributed by atoms with Crippen molar-refractivity contribution in [3.05, 3.63) is 88.6 Å². The molecule has 8 heteroatoms. The molecule has 0 aliphatic carbocycles. The Labute approximate surface area is 204 Å². The van der Waals surface area contributed by atoms with Gasteiger partial charge < -0.3 is 15.4 Å². The van der Waals surface area contributed by atoms with E-state index >= 15 is 0 Å². The van der Waals surface area contributed by atoms with Gasteiger partial charge in [-0.25, -0.2) is 9.78 Å². The summed E-state index contributed by atoms with van der Waals surface area (Å²) in [7, 11) is 0. The number of carboxylic acid groups (broad SMARTS) is 1. The Hall–Kier alpha value is -3.49. The maximum atomic E-state index is 13.5. The minimum atomic E-state index is -1.07. The van der Waals surface area contributed by atoms with Gasteiger partial charge in [-0.1, -0.05) is 36.4 Å². The van der Waals surface area contributed by atoms with E-state index in [1.807, 2.05) is 24.3 Å². The molecule has 0 saturated heterocycles. The van der Waals surface area contributed by atoms with Crippen LogP contribution in [0.15, 0.2) is 71.8 Å². The Kier molecular flexibility index (Phi) is 6.42. The molecule has 172 valence electrons. The van der Waals surface area contributed by atoms with Crippen molar-refractivity contribution in [3.63, 3.8) is 0 Å². The van der Waals surface area contributed by atoms with Gasteiger partial charge in [0.2, 0.25) is 5.91 Å². The van der Waals surface area contributed by atoms with Crippen LogP contribution in [-0.2, 0) is 28.9 Å². The van der Waals surface area contributed by atoms with Gasteiger partial charge in [0.15, 0.2) is 0 Å². The summed E-state index contributed by atoms with van der Waals surface area (Å²) in [6.45, 7) is 0. The average Bonchev–Trinajstić information content (AvgIpc) is 3.59. The molecule has 3 aromatic heterocycles. The summed E-state index contributed by atoms with van der Waals surface area (Å²) in [5.74, 6) is -1.73. The fourth-order valence-corrected chi connectivity index (χ4v) is 6.22. The van der Waals surface area contributed by atoms with Crippen LogP contribution >= 0.6 is 22.7 Å². The molecule has 0 radical (unpaired) electrons. The zero-order valence-corrected chi connectivity index (χ0v) is 19.9. The summed E-state index contributed by atoms with van der Waals surface area (Å²) in [6, 6.07) is 15.3. The van der Waals surface area contributed by atoms with E-state index in [4.69, 9.17) is 0 Å². The Morgan fingerprint density at radius 3 is 2.03 bits per heavy atom. The fourth-order valence-electron chi connectivity index (χ4n) is 4.27. The fraction of sp³-hybridized carbons (Fsp3) is 0.192. The lowest BCUT2D eigenvalue weighted by molar-refractivity contribution is -0.142. The van der Waals surface area contributed by atoms with E-state index in [1.54, 1.807) is 28.9 Å². The van der Waals surface area contributed by atoms with Crippen molar-refractivity contribution in [2.24, 2.45) is 5.92 Å². The molecule has 2 aromatic carbocycles. The second-order valence-corrected chi connectivity index (χ2v) is 10.1. The summed E-state index contributed by atoms with van der Waals surface area (Å²) >= 11 is 3.33. The highest BCUT2D eigenvalue weighted by molar-refractivity contribution is 7.17. The van der Waals surface area contributed by atoms with Crippen LogP contribution in [-0.4, -0.2) is 33.0 Å². The first kappa shape index (κ1) is 22.3. The van der Waals surface area contributed by atoms with Crippen molar-refractivity contribution in [1.29, 1.82) is 0 Å². The number of nitrogens with one attached hydrogen (secondary N) is 2. The van der Waals surface area contributed by atoms with E-state index in [0.29, 0.717) is 18.5 Å². The number of benzene rings is 2. The number of hydrogen-bond donors (Lipinski definition) is 3. The van der Waals surface area contributed by atoms with Gasteiger partial charge in [-0.3, -0.25) is 4.79 Å². The standard InChI is InChI=1S/C26H23N3O3S2/c30-25(29-22(26(31)32)11-19-12-27-15-28-19)16(9-17-13-33-23-7-3-1-5-20(17)23)10-18-14-34-24-8-4-2-6-21(18)24/h1-8,12-16,22H,9-11H2,(H,27,28)(H,29,30)(H,31,32). The van der Waals surface area contributed by atoms with Crippen molar-refractivity contribution in [2.75, 3.05) is 0 Å². The van der Waals surface area contributed by atoms with Crippen LogP contribution in [0, 0.1) is 5.92 Å². The van der Waals surface area contributed by atoms with Crippen molar-refractivity contribution in [3.8, 4) is 0 Å². The van der Waals surface area contributed by atoms with Crippen LogP contribution in [0.5, 0.6) is 0 Å². The molecule has 6 nitrogen and oxygen atoms in total. The molecular formula is C26H23N3O3S2. The highest BCUT2D eigenvalue weighted by Crippen LogP contribution is 2.31. The van der Waals surface area contributed by atoms with Crippen molar-refractivity contribution in [1.82, 2.24) is 15.3 Å². The molecule has 0 aliphatic rings. The lowest BCUT2D eigenvalue weighted by Gasteiger charge is -2.20. The number of aliphatic carboxylic acids is 1. The summed E-state index contributed by atoms with van der Waals surface area (Å²) in [6.07, 6.45) is 4.35. The van der Waals surface area contributed by atoms with Crippen molar-refractivity contribution < 1.29 is 14.7 Å². The Balaban J connectivity index is 1.43. The highest BCUT2D eigenvalue weighted by Gasteiger charge is 2.28. The second-order valence-electron chi connectivity index (χ2n) is 8.28. The van der Waals surface area contributed by atoms with Gasteiger partial charge in [0.25, 0.3) is 0 Å². The molecule has 0 fully saturated rings. The molecule has 0 spiro atoms. The van der Waals surface area contributed by atoms with E-state index in [-0.39, 0.29) is 12.3 Å². The third-order valence-corrected chi connectivity index (χ3v) is 8.03. The van der Waals surface area contributed by atoms with Gasteiger partial charge >= 0.3 is 5.97 Å². The summed E-state index contributed by atoms with van der Waals surface area (Å²) in [4.78, 5) is 32.4. The number of nitrogens with zero attached hydrogens (tertiary/aromatic N) is 1. The molecule has 3 heterocycles. The third kappa shape index (κ3) is 4.73. The zero-order chi connectivity index (χ0) is 23.5. The predicted octanol–water partition coefficient (Wildman–Crippen LogP) is 5.05. The lowest BCUT2D eigenvalue weighted by Crippen LogP contribution is -2.45. The third-order valence-electron chi connectivity index (χ3n) is 6.01. The monoisotopic (exact) mass is 489 g/mol. The van der Waals surface area contributed by atoms with E-state index in [9.17, 15) is 14.7 Å². The minimum Gasteiger partial charge on any atom is -0.480 e. The van der Waals surface area contributed by atoms with Gasteiger partial charge in [-0.15, -0.1) is 22.7 Å². The van der Waals surface area contributed by atoms with Gasteiger partial charge in [-0.05, 0) is 57.6 Å². The molecule has 3 N–H and O–H groups in total. The normalized spacial score (nSPS) is 12.4. The summed E-state index contributed by atoms with van der Waals surface area (Å²) in [5.41, 5.74) is 2.82. The number of amides is 1. The van der Waals surface area contributed by atoms with Gasteiger partial charge in [0, 0.05) is 27.9 Å². The molecule has 5 rings (SSSR count). The Morgan fingerprint density at radius 2 is 1.50 bits per heavy atom. The van der Waals surface area contributed by atoms with E-state index in [0.717, 1.165) is 21.9 Å². The quantitative estimate of drug-likeness (QED) is 0.270. The second kappa shape index (κ2) is 9.79. The van der Waals surface area contributed by atoms with Gasteiger partial charge in [0.1, 0.15) is 6.04 Å². The van der Waals surface area contributed by atoms with E-state index < -0.39 is 17.9 Å². The molecular weight excluding hydrogens is 466 g/mol. The number of thiophene rings is 2. The lowest BCUT2D eigenvalue weighted by atomic mass is 9.91. The van der Waals surface area contributed by atoms with Crippen LogP contribution in [0.1, 0.15) is 16.8 Å². The van der Waals surface area contributed by atoms with E-state index in [2.05, 4.69) is 50.3 Å².